The number of aromatic carboxylic acids is 1. The van der Waals surface area contributed by atoms with E-state index >= 15 is 0 Å². The summed E-state index contributed by atoms with van der Waals surface area (Å²) in [5, 5.41) is 28.6. The minimum absolute atomic E-state index is 0.0129. The van der Waals surface area contributed by atoms with Crippen LogP contribution in [0, 0.1) is 0 Å². The zero-order chi connectivity index (χ0) is 15.6. The molecule has 3 N–H and O–H groups in total. The molecule has 1 aromatic carbocycles. The first-order valence-corrected chi connectivity index (χ1v) is 6.76. The second-order valence-corrected chi connectivity index (χ2v) is 5.40. The summed E-state index contributed by atoms with van der Waals surface area (Å²) in [4.78, 5) is 13.4. The fourth-order valence-electron chi connectivity index (χ4n) is 2.19. The number of nitrogens with zero attached hydrogens (tertiary/aromatic N) is 1. The standard InChI is InChI=1S/C13H19BNO6/c1-15(2)7-8-20-10-4-3-9-5-6-14(18,19)21-12(9)11(10)13(16)17/h3-4,18-19H,5-8H2,1-2H3,(H,16,17)/q-1. The summed E-state index contributed by atoms with van der Waals surface area (Å²) < 4.78 is 10.6. The molecule has 1 aromatic rings. The molecule has 0 aromatic heterocycles. The summed E-state index contributed by atoms with van der Waals surface area (Å²) >= 11 is 0. The number of rotatable bonds is 5. The Hall–Kier alpha value is -1.77. The Morgan fingerprint density at radius 3 is 2.76 bits per heavy atom. The van der Waals surface area contributed by atoms with Crippen LogP contribution < -0.4 is 9.39 Å². The first-order chi connectivity index (χ1) is 9.80. The number of ether oxygens (including phenoxy) is 1. The van der Waals surface area contributed by atoms with Crippen LogP contribution in [-0.2, 0) is 6.42 Å². The third kappa shape index (κ3) is 3.66. The van der Waals surface area contributed by atoms with Gasteiger partial charge in [-0.3, -0.25) is 0 Å². The van der Waals surface area contributed by atoms with Crippen molar-refractivity contribution in [1.82, 2.24) is 4.90 Å². The summed E-state index contributed by atoms with van der Waals surface area (Å²) in [5.74, 6) is -1.07. The minimum Gasteiger partial charge on any atom is -0.669 e. The molecular weight excluding hydrogens is 277 g/mol. The number of carboxylic acid groups (broad SMARTS) is 1. The third-order valence-electron chi connectivity index (χ3n) is 3.31. The highest BCUT2D eigenvalue weighted by Gasteiger charge is 2.32. The van der Waals surface area contributed by atoms with Gasteiger partial charge in [-0.1, -0.05) is 12.4 Å². The Morgan fingerprint density at radius 2 is 2.14 bits per heavy atom. The summed E-state index contributed by atoms with van der Waals surface area (Å²) in [5.41, 5.74) is 0.466. The number of fused-ring (bicyclic) bond motifs is 1. The average molecular weight is 296 g/mol. The molecule has 21 heavy (non-hydrogen) atoms. The maximum absolute atomic E-state index is 11.5. The van der Waals surface area contributed by atoms with Crippen LogP contribution in [0.4, 0.5) is 0 Å². The van der Waals surface area contributed by atoms with E-state index in [4.69, 9.17) is 9.39 Å². The van der Waals surface area contributed by atoms with E-state index in [9.17, 15) is 19.9 Å². The molecule has 0 atom stereocenters. The van der Waals surface area contributed by atoms with E-state index < -0.39 is 12.7 Å². The summed E-state index contributed by atoms with van der Waals surface area (Å²) in [6.07, 6.45) is 0.396. The molecule has 0 radical (unpaired) electrons. The van der Waals surface area contributed by atoms with Crippen LogP contribution in [-0.4, -0.2) is 60.0 Å². The van der Waals surface area contributed by atoms with Crippen LogP contribution in [0.3, 0.4) is 0 Å². The van der Waals surface area contributed by atoms with E-state index in [-0.39, 0.29) is 23.4 Å². The van der Waals surface area contributed by atoms with Gasteiger partial charge in [-0.2, -0.15) is 0 Å². The van der Waals surface area contributed by atoms with Crippen LogP contribution in [0.25, 0.3) is 0 Å². The summed E-state index contributed by atoms with van der Waals surface area (Å²) in [6, 6.07) is 3.27. The van der Waals surface area contributed by atoms with E-state index in [1.54, 1.807) is 12.1 Å². The molecule has 0 saturated heterocycles. The lowest BCUT2D eigenvalue weighted by Gasteiger charge is -2.37. The van der Waals surface area contributed by atoms with Crippen LogP contribution in [0.1, 0.15) is 15.9 Å². The van der Waals surface area contributed by atoms with Gasteiger partial charge in [-0.15, -0.1) is 0 Å². The fourth-order valence-corrected chi connectivity index (χ4v) is 2.19. The van der Waals surface area contributed by atoms with Crippen LogP contribution in [0.2, 0.25) is 6.32 Å². The van der Waals surface area contributed by atoms with E-state index in [1.165, 1.54) is 0 Å². The van der Waals surface area contributed by atoms with Gasteiger partial charge in [-0.25, -0.2) is 4.79 Å². The Labute approximate surface area is 122 Å². The molecule has 0 unspecified atom stereocenters. The quantitative estimate of drug-likeness (QED) is 0.667. The fraction of sp³-hybridized carbons (Fsp3) is 0.462. The Balaban J connectivity index is 2.32. The van der Waals surface area contributed by atoms with Crippen molar-refractivity contribution in [2.24, 2.45) is 0 Å². The molecule has 116 valence electrons. The predicted molar refractivity (Wildman–Crippen MR) is 76.8 cm³/mol. The number of hydrogen-bond acceptors (Lipinski definition) is 6. The van der Waals surface area contributed by atoms with Crippen molar-refractivity contribution >= 4 is 12.7 Å². The van der Waals surface area contributed by atoms with Crippen LogP contribution >= 0.6 is 0 Å². The first kappa shape index (κ1) is 15.6. The molecule has 0 fully saturated rings. The lowest BCUT2D eigenvalue weighted by atomic mass is 9.70. The SMILES string of the molecule is CN(C)CCOc1ccc2c(c1C(=O)O)O[B-](O)(O)CC2. The largest absolute Gasteiger partial charge is 0.669 e. The van der Waals surface area contributed by atoms with Crippen molar-refractivity contribution in [3.8, 4) is 11.5 Å². The monoisotopic (exact) mass is 296 g/mol. The number of likely N-dealkylation sites (N-methyl/N-ethyl adjacent to an activating group) is 1. The van der Waals surface area contributed by atoms with Gasteiger partial charge >= 0.3 is 12.7 Å². The molecular formula is C13H19BNO6-. The lowest BCUT2D eigenvalue weighted by molar-refractivity contribution is 0.0688. The average Bonchev–Trinajstić information content (AvgIpc) is 2.36. The topological polar surface area (TPSA) is 99.5 Å². The Bertz CT molecular complexity index is 546. The number of benzene rings is 1. The first-order valence-electron chi connectivity index (χ1n) is 6.76. The normalized spacial score (nSPS) is 16.2. The van der Waals surface area contributed by atoms with Gasteiger partial charge in [0.25, 0.3) is 0 Å². The lowest BCUT2D eigenvalue weighted by Crippen LogP contribution is -2.45. The molecule has 0 spiro atoms. The number of hydrogen-bond donors (Lipinski definition) is 3. The second kappa shape index (κ2) is 5.93. The van der Waals surface area contributed by atoms with Crippen molar-refractivity contribution in [3.63, 3.8) is 0 Å². The molecule has 1 heterocycles. The number of carboxylic acids is 1. The van der Waals surface area contributed by atoms with Crippen molar-refractivity contribution in [2.75, 3.05) is 27.2 Å². The molecule has 8 heteroatoms. The Morgan fingerprint density at radius 1 is 1.43 bits per heavy atom. The highest BCUT2D eigenvalue weighted by molar-refractivity contribution is 6.59. The van der Waals surface area contributed by atoms with Crippen LogP contribution in [0.15, 0.2) is 12.1 Å². The maximum Gasteiger partial charge on any atom is 0.430 e. The summed E-state index contributed by atoms with van der Waals surface area (Å²) in [7, 11) is 3.76. The molecule has 2 rings (SSSR count). The number of aryl methyl sites for hydroxylation is 1. The van der Waals surface area contributed by atoms with Crippen molar-refractivity contribution < 1.29 is 29.3 Å². The predicted octanol–water partition coefficient (Wildman–Crippen LogP) is 0.184. The molecule has 7 nitrogen and oxygen atoms in total. The molecule has 0 amide bonds. The smallest absolute Gasteiger partial charge is 0.430 e. The molecule has 1 aliphatic rings. The third-order valence-corrected chi connectivity index (χ3v) is 3.31. The molecule has 0 saturated carbocycles. The van der Waals surface area contributed by atoms with Gasteiger partial charge in [0.2, 0.25) is 0 Å². The van der Waals surface area contributed by atoms with Gasteiger partial charge in [0.15, 0.2) is 0 Å². The zero-order valence-electron chi connectivity index (χ0n) is 12.1. The van der Waals surface area contributed by atoms with Crippen LogP contribution in [0.5, 0.6) is 11.5 Å². The van der Waals surface area contributed by atoms with E-state index in [0.717, 1.165) is 0 Å². The Kier molecular flexibility index (Phi) is 4.41. The highest BCUT2D eigenvalue weighted by atomic mass is 16.6. The molecule has 1 aliphatic heterocycles. The highest BCUT2D eigenvalue weighted by Crippen LogP contribution is 2.38. The van der Waals surface area contributed by atoms with Gasteiger partial charge in [-0.05, 0) is 32.1 Å². The van der Waals surface area contributed by atoms with Gasteiger partial charge < -0.3 is 29.4 Å². The van der Waals surface area contributed by atoms with Gasteiger partial charge in [0.05, 0.1) is 5.75 Å². The van der Waals surface area contributed by atoms with E-state index in [0.29, 0.717) is 25.1 Å². The molecule has 0 bridgehead atoms. The van der Waals surface area contributed by atoms with Gasteiger partial charge in [0, 0.05) is 6.54 Å². The van der Waals surface area contributed by atoms with Crippen molar-refractivity contribution in [1.29, 1.82) is 0 Å². The maximum atomic E-state index is 11.5. The van der Waals surface area contributed by atoms with E-state index in [2.05, 4.69) is 0 Å². The summed E-state index contributed by atoms with van der Waals surface area (Å²) in [6.45, 7) is -2.06. The zero-order valence-corrected chi connectivity index (χ0v) is 12.1. The minimum atomic E-state index is -3.01. The molecule has 0 aliphatic carbocycles. The van der Waals surface area contributed by atoms with Gasteiger partial charge in [0.1, 0.15) is 17.9 Å². The van der Waals surface area contributed by atoms with Crippen molar-refractivity contribution in [3.05, 3.63) is 23.3 Å². The van der Waals surface area contributed by atoms with Crippen molar-refractivity contribution in [2.45, 2.75) is 12.7 Å². The number of carbonyl (C=O) groups is 1. The second-order valence-electron chi connectivity index (χ2n) is 5.40. The van der Waals surface area contributed by atoms with E-state index in [1.807, 2.05) is 19.0 Å².